The van der Waals surface area contributed by atoms with Gasteiger partial charge in [0.2, 0.25) is 0 Å². The fraction of sp³-hybridized carbons (Fsp3) is 0.364. The molecule has 104 valence electrons. The maximum atomic E-state index is 13.0. The molecular weight excluding hydrogens is 262 g/mol. The molecule has 0 bridgehead atoms. The largest absolute Gasteiger partial charge is 0.380 e. The van der Waals surface area contributed by atoms with E-state index < -0.39 is 33.7 Å². The minimum Gasteiger partial charge on any atom is -0.380 e. The second-order valence-electron chi connectivity index (χ2n) is 3.49. The first-order valence-corrected chi connectivity index (χ1v) is 5.46. The van der Waals surface area contributed by atoms with Crippen LogP contribution < -0.4 is 5.32 Å². The number of nitro benzene ring substituents is 1. The summed E-state index contributed by atoms with van der Waals surface area (Å²) in [5.74, 6) is -3.55. The highest BCUT2D eigenvalue weighted by molar-refractivity contribution is 5.98. The van der Waals surface area contributed by atoms with Gasteiger partial charge in [-0.15, -0.1) is 0 Å². The van der Waals surface area contributed by atoms with Gasteiger partial charge in [-0.1, -0.05) is 0 Å². The van der Waals surface area contributed by atoms with Crippen molar-refractivity contribution in [1.82, 2.24) is 5.32 Å². The Hall–Kier alpha value is -2.09. The molecule has 0 spiro atoms. The number of nitrogens with zero attached hydrogens (tertiary/aromatic N) is 1. The van der Waals surface area contributed by atoms with Gasteiger partial charge >= 0.3 is 0 Å². The molecule has 0 unspecified atom stereocenters. The predicted octanol–water partition coefficient (Wildman–Crippen LogP) is 1.64. The molecule has 0 aliphatic heterocycles. The third kappa shape index (κ3) is 3.95. The average Bonchev–Trinajstić information content (AvgIpc) is 2.36. The van der Waals surface area contributed by atoms with Gasteiger partial charge < -0.3 is 10.1 Å². The van der Waals surface area contributed by atoms with E-state index in [0.29, 0.717) is 18.7 Å². The minimum atomic E-state index is -1.38. The third-order valence-corrected chi connectivity index (χ3v) is 2.22. The Balaban J connectivity index is 2.89. The number of nitrogens with one attached hydrogen (secondary N) is 1. The number of amides is 1. The van der Waals surface area contributed by atoms with Crippen LogP contribution in [0.1, 0.15) is 17.3 Å². The van der Waals surface area contributed by atoms with Gasteiger partial charge in [-0.3, -0.25) is 14.9 Å². The topological polar surface area (TPSA) is 81.5 Å². The maximum Gasteiger partial charge on any atom is 0.285 e. The lowest BCUT2D eigenvalue weighted by atomic mass is 10.1. The monoisotopic (exact) mass is 274 g/mol. The molecule has 6 nitrogen and oxygen atoms in total. The zero-order valence-electron chi connectivity index (χ0n) is 10.1. The van der Waals surface area contributed by atoms with Crippen LogP contribution >= 0.6 is 0 Å². The standard InChI is InChI=1S/C11H12F2N2O4/c1-2-19-4-3-14-11(16)7-5-8(12)9(13)6-10(7)15(17)18/h5-6H,2-4H2,1H3,(H,14,16). The van der Waals surface area contributed by atoms with Crippen LogP contribution in [-0.4, -0.2) is 30.6 Å². The van der Waals surface area contributed by atoms with E-state index in [1.165, 1.54) is 0 Å². The molecule has 8 heteroatoms. The summed E-state index contributed by atoms with van der Waals surface area (Å²) in [5.41, 5.74) is -1.31. The van der Waals surface area contributed by atoms with Crippen molar-refractivity contribution in [3.05, 3.63) is 39.4 Å². The molecule has 0 radical (unpaired) electrons. The summed E-state index contributed by atoms with van der Waals surface area (Å²) in [6.07, 6.45) is 0. The van der Waals surface area contributed by atoms with E-state index in [1.807, 2.05) is 0 Å². The minimum absolute atomic E-state index is 0.114. The first-order valence-electron chi connectivity index (χ1n) is 5.46. The molecule has 1 rings (SSSR count). The average molecular weight is 274 g/mol. The van der Waals surface area contributed by atoms with E-state index in [1.54, 1.807) is 6.92 Å². The number of benzene rings is 1. The molecule has 0 aromatic heterocycles. The number of carbonyl (C=O) groups is 1. The van der Waals surface area contributed by atoms with Crippen LogP contribution in [0, 0.1) is 21.7 Å². The zero-order chi connectivity index (χ0) is 14.4. The number of hydrogen-bond acceptors (Lipinski definition) is 4. The van der Waals surface area contributed by atoms with Crippen molar-refractivity contribution in [1.29, 1.82) is 0 Å². The number of halogens is 2. The summed E-state index contributed by atoms with van der Waals surface area (Å²) >= 11 is 0. The van der Waals surface area contributed by atoms with E-state index in [4.69, 9.17) is 4.74 Å². The molecule has 0 aliphatic carbocycles. The molecule has 0 saturated heterocycles. The van der Waals surface area contributed by atoms with Gasteiger partial charge in [0.25, 0.3) is 11.6 Å². The third-order valence-electron chi connectivity index (χ3n) is 2.22. The van der Waals surface area contributed by atoms with Crippen LogP contribution in [0.2, 0.25) is 0 Å². The lowest BCUT2D eigenvalue weighted by Gasteiger charge is -2.06. The molecular formula is C11H12F2N2O4. The smallest absolute Gasteiger partial charge is 0.285 e. The summed E-state index contributed by atoms with van der Waals surface area (Å²) in [6.45, 7) is 2.56. The molecule has 0 atom stereocenters. The first-order chi connectivity index (χ1) is 8.97. The summed E-state index contributed by atoms with van der Waals surface area (Å²) in [4.78, 5) is 21.4. The van der Waals surface area contributed by atoms with Crippen molar-refractivity contribution in [3.8, 4) is 0 Å². The number of ether oxygens (including phenoxy) is 1. The molecule has 0 fully saturated rings. The highest BCUT2D eigenvalue weighted by Crippen LogP contribution is 2.22. The molecule has 19 heavy (non-hydrogen) atoms. The van der Waals surface area contributed by atoms with Crippen LogP contribution in [0.15, 0.2) is 12.1 Å². The fourth-order valence-electron chi connectivity index (χ4n) is 1.35. The quantitative estimate of drug-likeness (QED) is 0.485. The normalized spacial score (nSPS) is 10.3. The van der Waals surface area contributed by atoms with E-state index >= 15 is 0 Å². The van der Waals surface area contributed by atoms with E-state index in [-0.39, 0.29) is 13.2 Å². The van der Waals surface area contributed by atoms with Crippen molar-refractivity contribution in [2.45, 2.75) is 6.92 Å². The fourth-order valence-corrected chi connectivity index (χ4v) is 1.35. The van der Waals surface area contributed by atoms with Gasteiger partial charge in [0.1, 0.15) is 5.56 Å². The van der Waals surface area contributed by atoms with Gasteiger partial charge in [-0.2, -0.15) is 0 Å². The Morgan fingerprint density at radius 3 is 2.63 bits per heavy atom. The Morgan fingerprint density at radius 1 is 1.42 bits per heavy atom. The number of carbonyl (C=O) groups excluding carboxylic acids is 1. The Morgan fingerprint density at radius 2 is 2.05 bits per heavy atom. The molecule has 1 aromatic rings. The lowest BCUT2D eigenvalue weighted by Crippen LogP contribution is -2.28. The summed E-state index contributed by atoms with van der Waals surface area (Å²) < 4.78 is 30.9. The number of hydrogen-bond donors (Lipinski definition) is 1. The number of rotatable bonds is 6. The van der Waals surface area contributed by atoms with Crippen LogP contribution in [0.25, 0.3) is 0 Å². The summed E-state index contributed by atoms with van der Waals surface area (Å²) in [5, 5.41) is 13.0. The van der Waals surface area contributed by atoms with Gasteiger partial charge in [-0.05, 0) is 13.0 Å². The van der Waals surface area contributed by atoms with Gasteiger partial charge in [0.05, 0.1) is 17.6 Å². The molecule has 0 heterocycles. The molecule has 1 amide bonds. The molecule has 0 saturated carbocycles. The van der Waals surface area contributed by atoms with E-state index in [2.05, 4.69) is 5.32 Å². The number of nitro groups is 1. The Labute approximate surface area is 107 Å². The van der Waals surface area contributed by atoms with Crippen molar-refractivity contribution in [3.63, 3.8) is 0 Å². The zero-order valence-corrected chi connectivity index (χ0v) is 10.1. The Kier molecular flexibility index (Phi) is 5.31. The van der Waals surface area contributed by atoms with Gasteiger partial charge in [0.15, 0.2) is 11.6 Å². The highest BCUT2D eigenvalue weighted by atomic mass is 19.2. The second kappa shape index (κ2) is 6.74. The first kappa shape index (κ1) is 15.0. The molecule has 0 aliphatic rings. The van der Waals surface area contributed by atoms with Crippen LogP contribution in [0.3, 0.4) is 0 Å². The van der Waals surface area contributed by atoms with Crippen molar-refractivity contribution >= 4 is 11.6 Å². The van der Waals surface area contributed by atoms with E-state index in [0.717, 1.165) is 0 Å². The van der Waals surface area contributed by atoms with Gasteiger partial charge in [-0.25, -0.2) is 8.78 Å². The Bertz CT molecular complexity index is 494. The van der Waals surface area contributed by atoms with Crippen molar-refractivity contribution in [2.24, 2.45) is 0 Å². The maximum absolute atomic E-state index is 13.0. The van der Waals surface area contributed by atoms with Crippen molar-refractivity contribution < 1.29 is 23.2 Å². The second-order valence-corrected chi connectivity index (χ2v) is 3.49. The van der Waals surface area contributed by atoms with E-state index in [9.17, 15) is 23.7 Å². The van der Waals surface area contributed by atoms with Gasteiger partial charge in [0, 0.05) is 13.2 Å². The lowest BCUT2D eigenvalue weighted by molar-refractivity contribution is -0.385. The highest BCUT2D eigenvalue weighted by Gasteiger charge is 2.23. The van der Waals surface area contributed by atoms with Crippen LogP contribution in [0.4, 0.5) is 14.5 Å². The summed E-state index contributed by atoms with van der Waals surface area (Å²) in [7, 11) is 0. The predicted molar refractivity (Wildman–Crippen MR) is 61.8 cm³/mol. The summed E-state index contributed by atoms with van der Waals surface area (Å²) in [6, 6.07) is 0.885. The van der Waals surface area contributed by atoms with Crippen LogP contribution in [-0.2, 0) is 4.74 Å². The van der Waals surface area contributed by atoms with Crippen molar-refractivity contribution in [2.75, 3.05) is 19.8 Å². The molecule has 1 N–H and O–H groups in total. The van der Waals surface area contributed by atoms with Crippen LogP contribution in [0.5, 0.6) is 0 Å². The molecule has 1 aromatic carbocycles. The SMILES string of the molecule is CCOCCNC(=O)c1cc(F)c(F)cc1[N+](=O)[O-].